The highest BCUT2D eigenvalue weighted by Crippen LogP contribution is 2.32. The van der Waals surface area contributed by atoms with Gasteiger partial charge in [-0.2, -0.15) is 0 Å². The van der Waals surface area contributed by atoms with Crippen molar-refractivity contribution >= 4 is 34.2 Å². The zero-order chi connectivity index (χ0) is 20.0. The van der Waals surface area contributed by atoms with Gasteiger partial charge in [-0.3, -0.25) is 14.9 Å². The molecule has 144 valence electrons. The van der Waals surface area contributed by atoms with Gasteiger partial charge in [-0.15, -0.1) is 11.3 Å². The van der Waals surface area contributed by atoms with Crippen molar-refractivity contribution in [3.8, 4) is 5.75 Å². The summed E-state index contributed by atoms with van der Waals surface area (Å²) in [6.45, 7) is 6.09. The fourth-order valence-electron chi connectivity index (χ4n) is 2.42. The summed E-state index contributed by atoms with van der Waals surface area (Å²) in [5.74, 6) is -0.125. The van der Waals surface area contributed by atoms with E-state index >= 15 is 0 Å². The summed E-state index contributed by atoms with van der Waals surface area (Å²) in [4.78, 5) is 36.9. The number of carbonyl (C=O) groups is 3. The van der Waals surface area contributed by atoms with Gasteiger partial charge in [0.2, 0.25) is 5.91 Å². The Morgan fingerprint density at radius 2 is 1.78 bits per heavy atom. The maximum absolute atomic E-state index is 12.4. The zero-order valence-electron chi connectivity index (χ0n) is 15.7. The predicted molar refractivity (Wildman–Crippen MR) is 104 cm³/mol. The van der Waals surface area contributed by atoms with Crippen LogP contribution in [0.2, 0.25) is 0 Å². The van der Waals surface area contributed by atoms with Crippen LogP contribution in [0.4, 0.5) is 9.80 Å². The van der Waals surface area contributed by atoms with Crippen LogP contribution in [0.5, 0.6) is 5.75 Å². The first-order chi connectivity index (χ1) is 12.8. The van der Waals surface area contributed by atoms with E-state index in [1.165, 1.54) is 18.4 Å². The molecule has 0 radical (unpaired) electrons. The number of thiophene rings is 1. The Morgan fingerprint density at radius 1 is 1.11 bits per heavy atom. The lowest BCUT2D eigenvalue weighted by molar-refractivity contribution is -0.115. The number of ether oxygens (including phenoxy) is 2. The lowest BCUT2D eigenvalue weighted by atomic mass is 10.1. The van der Waals surface area contributed by atoms with Gasteiger partial charge in [0.15, 0.2) is 0 Å². The molecule has 1 aromatic carbocycles. The molecule has 0 bridgehead atoms. The highest BCUT2D eigenvalue weighted by Gasteiger charge is 2.22. The van der Waals surface area contributed by atoms with Crippen molar-refractivity contribution < 1.29 is 23.9 Å². The first-order valence-electron chi connectivity index (χ1n) is 8.36. The summed E-state index contributed by atoms with van der Waals surface area (Å²) in [6, 6.07) is 7.25. The Labute approximate surface area is 161 Å². The van der Waals surface area contributed by atoms with Crippen LogP contribution >= 0.6 is 11.3 Å². The average molecular weight is 390 g/mol. The smallest absolute Gasteiger partial charge is 0.413 e. The standard InChI is InChI=1S/C19H22N2O5S/c1-5-26-14-8-6-13(7-9-14)10-15(22)20-18-16(11(2)12(3)27-18)17(23)21-19(24)25-4/h6-9H,5,10H2,1-4H3,(H,20,22)(H,21,23,24). The van der Waals surface area contributed by atoms with Crippen molar-refractivity contribution in [2.75, 3.05) is 19.0 Å². The third kappa shape index (κ3) is 5.30. The molecule has 27 heavy (non-hydrogen) atoms. The van der Waals surface area contributed by atoms with Crippen molar-refractivity contribution in [1.29, 1.82) is 0 Å². The van der Waals surface area contributed by atoms with Gasteiger partial charge in [0, 0.05) is 4.88 Å². The van der Waals surface area contributed by atoms with Crippen molar-refractivity contribution in [1.82, 2.24) is 5.32 Å². The van der Waals surface area contributed by atoms with Crippen LogP contribution in [0.25, 0.3) is 0 Å². The zero-order valence-corrected chi connectivity index (χ0v) is 16.5. The average Bonchev–Trinajstić information content (AvgIpc) is 2.90. The van der Waals surface area contributed by atoms with Gasteiger partial charge in [0.05, 0.1) is 25.7 Å². The number of methoxy groups -OCH3 is 1. The summed E-state index contributed by atoms with van der Waals surface area (Å²) in [6.07, 6.45) is -0.699. The summed E-state index contributed by atoms with van der Waals surface area (Å²) >= 11 is 1.29. The Bertz CT molecular complexity index is 843. The van der Waals surface area contributed by atoms with E-state index in [9.17, 15) is 14.4 Å². The maximum Gasteiger partial charge on any atom is 0.413 e. The van der Waals surface area contributed by atoms with Crippen molar-refractivity contribution in [2.24, 2.45) is 0 Å². The second-order valence-corrected chi connectivity index (χ2v) is 6.96. The van der Waals surface area contributed by atoms with E-state index in [0.29, 0.717) is 17.2 Å². The number of aryl methyl sites for hydroxylation is 1. The molecule has 0 aliphatic heterocycles. The highest BCUT2D eigenvalue weighted by atomic mass is 32.1. The topological polar surface area (TPSA) is 93.7 Å². The molecule has 2 rings (SSSR count). The summed E-state index contributed by atoms with van der Waals surface area (Å²) in [7, 11) is 1.17. The number of anilines is 1. The SMILES string of the molecule is CCOc1ccc(CC(=O)Nc2sc(C)c(C)c2C(=O)NC(=O)OC)cc1. The molecule has 1 heterocycles. The number of nitrogens with one attached hydrogen (secondary N) is 2. The summed E-state index contributed by atoms with van der Waals surface area (Å²) in [5.41, 5.74) is 1.79. The molecule has 8 heteroatoms. The van der Waals surface area contributed by atoms with E-state index in [1.807, 2.05) is 26.0 Å². The monoisotopic (exact) mass is 390 g/mol. The van der Waals surface area contributed by atoms with E-state index in [1.54, 1.807) is 19.1 Å². The molecule has 0 spiro atoms. The van der Waals surface area contributed by atoms with Crippen molar-refractivity contribution in [2.45, 2.75) is 27.2 Å². The van der Waals surface area contributed by atoms with Crippen molar-refractivity contribution in [3.63, 3.8) is 0 Å². The maximum atomic E-state index is 12.4. The number of rotatable bonds is 6. The molecule has 1 aromatic heterocycles. The molecule has 0 saturated carbocycles. The minimum absolute atomic E-state index is 0.153. The van der Waals surface area contributed by atoms with Gasteiger partial charge >= 0.3 is 6.09 Å². The molecular weight excluding hydrogens is 368 g/mol. The largest absolute Gasteiger partial charge is 0.494 e. The molecule has 0 aliphatic carbocycles. The van der Waals surface area contributed by atoms with Gasteiger partial charge in [-0.05, 0) is 44.0 Å². The molecule has 0 saturated heterocycles. The van der Waals surface area contributed by atoms with Crippen LogP contribution in [-0.2, 0) is 16.0 Å². The van der Waals surface area contributed by atoms with Gasteiger partial charge < -0.3 is 14.8 Å². The molecule has 0 unspecified atom stereocenters. The minimum Gasteiger partial charge on any atom is -0.494 e. The lowest BCUT2D eigenvalue weighted by Gasteiger charge is -2.08. The number of imide groups is 1. The van der Waals surface area contributed by atoms with Gasteiger partial charge in [-0.1, -0.05) is 12.1 Å². The third-order valence-corrected chi connectivity index (χ3v) is 4.99. The van der Waals surface area contributed by atoms with Gasteiger partial charge in [-0.25, -0.2) is 4.79 Å². The summed E-state index contributed by atoms with van der Waals surface area (Å²) in [5, 5.41) is 5.30. The van der Waals surface area contributed by atoms with Gasteiger partial charge in [0.25, 0.3) is 5.91 Å². The first kappa shape index (κ1) is 20.4. The Kier molecular flexibility index (Phi) is 6.95. The number of hydrogen-bond acceptors (Lipinski definition) is 6. The molecule has 2 aromatic rings. The minimum atomic E-state index is -0.852. The van der Waals surface area contributed by atoms with Gasteiger partial charge in [0.1, 0.15) is 10.8 Å². The third-order valence-electron chi connectivity index (χ3n) is 3.87. The van der Waals surface area contributed by atoms with E-state index in [4.69, 9.17) is 4.74 Å². The second-order valence-electron chi connectivity index (χ2n) is 5.73. The quantitative estimate of drug-likeness (QED) is 0.788. The van der Waals surface area contributed by atoms with Crippen LogP contribution < -0.4 is 15.4 Å². The fraction of sp³-hybridized carbons (Fsp3) is 0.316. The normalized spacial score (nSPS) is 10.2. The second kappa shape index (κ2) is 9.18. The number of benzene rings is 1. The van der Waals surface area contributed by atoms with Crippen LogP contribution in [-0.4, -0.2) is 31.6 Å². The van der Waals surface area contributed by atoms with Crippen LogP contribution in [0.15, 0.2) is 24.3 Å². The van der Waals surface area contributed by atoms with Crippen LogP contribution in [0.1, 0.15) is 33.3 Å². The summed E-state index contributed by atoms with van der Waals surface area (Å²) < 4.78 is 9.83. The van der Waals surface area contributed by atoms with E-state index < -0.39 is 12.0 Å². The van der Waals surface area contributed by atoms with Crippen LogP contribution in [0.3, 0.4) is 0 Å². The molecule has 3 amide bonds. The van der Waals surface area contributed by atoms with E-state index in [0.717, 1.165) is 16.2 Å². The highest BCUT2D eigenvalue weighted by molar-refractivity contribution is 7.16. The number of carbonyl (C=O) groups excluding carboxylic acids is 3. The Hall–Kier alpha value is -2.87. The first-order valence-corrected chi connectivity index (χ1v) is 9.18. The fourth-order valence-corrected chi connectivity index (χ4v) is 3.50. The van der Waals surface area contributed by atoms with Crippen molar-refractivity contribution in [3.05, 3.63) is 45.8 Å². The number of amides is 3. The predicted octanol–water partition coefficient (Wildman–Crippen LogP) is 3.44. The Morgan fingerprint density at radius 3 is 2.37 bits per heavy atom. The van der Waals surface area contributed by atoms with E-state index in [-0.39, 0.29) is 17.9 Å². The van der Waals surface area contributed by atoms with E-state index in [2.05, 4.69) is 15.4 Å². The molecular formula is C19H22N2O5S. The number of hydrogen-bond donors (Lipinski definition) is 2. The lowest BCUT2D eigenvalue weighted by Crippen LogP contribution is -2.31. The molecule has 2 N–H and O–H groups in total. The number of alkyl carbamates (subject to hydrolysis) is 1. The molecule has 7 nitrogen and oxygen atoms in total. The molecule has 0 aliphatic rings. The van der Waals surface area contributed by atoms with Crippen LogP contribution in [0, 0.1) is 13.8 Å². The Balaban J connectivity index is 2.12. The molecule has 0 atom stereocenters. The molecule has 0 fully saturated rings.